The Bertz CT molecular complexity index is 630. The van der Waals surface area contributed by atoms with Crippen molar-refractivity contribution >= 4 is 11.9 Å². The Kier molecular flexibility index (Phi) is 20.1. The first-order valence-corrected chi connectivity index (χ1v) is 11.4. The van der Waals surface area contributed by atoms with Gasteiger partial charge in [0.15, 0.2) is 0 Å². The van der Waals surface area contributed by atoms with Gasteiger partial charge < -0.3 is 19.7 Å². The molecule has 0 radical (unpaired) electrons. The van der Waals surface area contributed by atoms with Crippen LogP contribution in [0, 0.1) is 0 Å². The Morgan fingerprint density at radius 1 is 0.688 bits per heavy atom. The molecule has 0 aliphatic carbocycles. The van der Waals surface area contributed by atoms with E-state index in [4.69, 9.17) is 14.6 Å². The summed E-state index contributed by atoms with van der Waals surface area (Å²) in [5, 5.41) is 18.6. The van der Waals surface area contributed by atoms with E-state index < -0.39 is 11.9 Å². The summed E-state index contributed by atoms with van der Waals surface area (Å²) in [4.78, 5) is 22.8. The number of carboxylic acids is 2. The van der Waals surface area contributed by atoms with Crippen molar-refractivity contribution in [2.45, 2.75) is 64.2 Å². The molecule has 0 heterocycles. The van der Waals surface area contributed by atoms with Gasteiger partial charge in [0, 0.05) is 18.4 Å². The van der Waals surface area contributed by atoms with Crippen LogP contribution in [0.25, 0.3) is 0 Å². The predicted molar refractivity (Wildman–Crippen MR) is 129 cm³/mol. The van der Waals surface area contributed by atoms with E-state index in [-0.39, 0.29) is 31.4 Å². The molecule has 0 aromatic rings. The summed E-state index contributed by atoms with van der Waals surface area (Å²) in [5.74, 6) is -1.98. The molecule has 0 unspecified atom stereocenters. The van der Waals surface area contributed by atoms with E-state index >= 15 is 0 Å². The van der Waals surface area contributed by atoms with Crippen LogP contribution < -0.4 is 0 Å². The molecule has 0 aliphatic heterocycles. The third-order valence-corrected chi connectivity index (χ3v) is 4.69. The van der Waals surface area contributed by atoms with Crippen molar-refractivity contribution in [3.8, 4) is 0 Å². The number of rotatable bonds is 22. The molecule has 0 saturated heterocycles. The Balaban J connectivity index is 4.58. The maximum Gasteiger partial charge on any atom is 0.331 e. The Morgan fingerprint density at radius 3 is 1.69 bits per heavy atom. The van der Waals surface area contributed by atoms with Gasteiger partial charge in [-0.3, -0.25) is 4.79 Å². The summed E-state index contributed by atoms with van der Waals surface area (Å²) in [6, 6.07) is 0. The molecule has 0 fully saturated rings. The number of unbranched alkanes of at least 4 members (excludes halogenated alkanes) is 4. The zero-order valence-corrected chi connectivity index (χ0v) is 19.3. The molecule has 2 N–H and O–H groups in total. The molecule has 0 saturated carbocycles. The molecule has 0 aliphatic rings. The third-order valence-electron chi connectivity index (χ3n) is 4.69. The van der Waals surface area contributed by atoms with Gasteiger partial charge in [-0.05, 0) is 51.4 Å². The molecule has 0 spiro atoms. The van der Waals surface area contributed by atoms with Crippen LogP contribution in [0.2, 0.25) is 0 Å². The van der Waals surface area contributed by atoms with Crippen LogP contribution in [0.15, 0.2) is 60.8 Å². The summed E-state index contributed by atoms with van der Waals surface area (Å²) in [7, 11) is 0. The van der Waals surface area contributed by atoms with Crippen LogP contribution in [-0.2, 0) is 19.1 Å². The minimum atomic E-state index is -1.03. The number of aliphatic carboxylic acids is 2. The Hall–Kier alpha value is -2.44. The predicted octanol–water partition coefficient (Wildman–Crippen LogP) is 5.87. The zero-order valence-electron chi connectivity index (χ0n) is 19.3. The fourth-order valence-electron chi connectivity index (χ4n) is 2.92. The van der Waals surface area contributed by atoms with Gasteiger partial charge in [-0.2, -0.15) is 0 Å². The van der Waals surface area contributed by atoms with E-state index in [1.54, 1.807) is 0 Å². The van der Waals surface area contributed by atoms with Gasteiger partial charge in [0.25, 0.3) is 0 Å². The van der Waals surface area contributed by atoms with Crippen molar-refractivity contribution in [2.75, 3.05) is 26.4 Å². The van der Waals surface area contributed by atoms with Crippen LogP contribution in [0.1, 0.15) is 64.2 Å². The van der Waals surface area contributed by atoms with Crippen molar-refractivity contribution in [3.05, 3.63) is 60.8 Å². The second-order valence-electron chi connectivity index (χ2n) is 7.31. The third kappa shape index (κ3) is 18.3. The number of carboxylic acid groups (broad SMARTS) is 2. The van der Waals surface area contributed by atoms with E-state index in [2.05, 4.69) is 19.2 Å². The lowest BCUT2D eigenvalue weighted by atomic mass is 9.98. The summed E-state index contributed by atoms with van der Waals surface area (Å²) in [6.07, 6.45) is 18.4. The molecule has 0 aromatic heterocycles. The molecule has 0 rings (SSSR count). The monoisotopic (exact) mass is 448 g/mol. The molecule has 0 atom stereocenters. The standard InChI is InChI=1S/C26H40O6/c1-3-5-7-9-11-13-19-31-21-17-23(15-16-25(27)28)24(26(29)30)18-22-32-20-14-12-10-8-6-4-2/h3-4,11-14H,1-2,5-10,15-22H2,(H,27,28)(H,29,30). The van der Waals surface area contributed by atoms with Crippen molar-refractivity contribution in [1.82, 2.24) is 0 Å². The highest BCUT2D eigenvalue weighted by molar-refractivity contribution is 5.87. The number of allylic oxidation sites excluding steroid dienone is 4. The lowest BCUT2D eigenvalue weighted by Crippen LogP contribution is -2.11. The van der Waals surface area contributed by atoms with Gasteiger partial charge in [-0.15, -0.1) is 13.2 Å². The summed E-state index contributed by atoms with van der Waals surface area (Å²) < 4.78 is 11.1. The quantitative estimate of drug-likeness (QED) is 0.122. The summed E-state index contributed by atoms with van der Waals surface area (Å²) >= 11 is 0. The van der Waals surface area contributed by atoms with Crippen LogP contribution >= 0.6 is 0 Å². The van der Waals surface area contributed by atoms with Gasteiger partial charge in [-0.25, -0.2) is 4.79 Å². The number of hydrogen-bond donors (Lipinski definition) is 2. The highest BCUT2D eigenvalue weighted by atomic mass is 16.5. The van der Waals surface area contributed by atoms with E-state index in [1.807, 2.05) is 30.4 Å². The second kappa shape index (κ2) is 21.8. The van der Waals surface area contributed by atoms with Crippen LogP contribution in [0.4, 0.5) is 0 Å². The highest BCUT2D eigenvalue weighted by Crippen LogP contribution is 2.19. The van der Waals surface area contributed by atoms with Gasteiger partial charge in [0.2, 0.25) is 0 Å². The largest absolute Gasteiger partial charge is 0.481 e. The second-order valence-corrected chi connectivity index (χ2v) is 7.31. The maximum absolute atomic E-state index is 11.8. The summed E-state index contributed by atoms with van der Waals surface area (Å²) in [6.45, 7) is 8.86. The maximum atomic E-state index is 11.8. The van der Waals surface area contributed by atoms with E-state index in [1.165, 1.54) is 0 Å². The van der Waals surface area contributed by atoms with Gasteiger partial charge in [-0.1, -0.05) is 42.0 Å². The minimum absolute atomic E-state index is 0.108. The van der Waals surface area contributed by atoms with Crippen molar-refractivity contribution in [1.29, 1.82) is 0 Å². The van der Waals surface area contributed by atoms with Gasteiger partial charge >= 0.3 is 11.9 Å². The topological polar surface area (TPSA) is 93.1 Å². The Morgan fingerprint density at radius 2 is 1.22 bits per heavy atom. The molecule has 6 nitrogen and oxygen atoms in total. The minimum Gasteiger partial charge on any atom is -0.481 e. The average Bonchev–Trinajstić information content (AvgIpc) is 2.76. The number of ether oxygens (including phenoxy) is 2. The van der Waals surface area contributed by atoms with E-state index in [9.17, 15) is 14.7 Å². The van der Waals surface area contributed by atoms with Crippen LogP contribution in [-0.4, -0.2) is 48.6 Å². The first kappa shape index (κ1) is 29.6. The van der Waals surface area contributed by atoms with Crippen LogP contribution in [0.3, 0.4) is 0 Å². The molecule has 180 valence electrons. The smallest absolute Gasteiger partial charge is 0.331 e. The van der Waals surface area contributed by atoms with Crippen LogP contribution in [0.5, 0.6) is 0 Å². The molecular weight excluding hydrogens is 408 g/mol. The van der Waals surface area contributed by atoms with Gasteiger partial charge in [0.1, 0.15) is 0 Å². The lowest BCUT2D eigenvalue weighted by molar-refractivity contribution is -0.137. The SMILES string of the molecule is C=CCCCC=CCOCCC(CCC(=O)O)=C(CCOCC=CCCCC=C)C(=O)O. The molecule has 0 aromatic carbocycles. The molecule has 6 heteroatoms. The van der Waals surface area contributed by atoms with Gasteiger partial charge in [0.05, 0.1) is 26.4 Å². The summed E-state index contributed by atoms with van der Waals surface area (Å²) in [5.41, 5.74) is 0.836. The first-order valence-electron chi connectivity index (χ1n) is 11.4. The highest BCUT2D eigenvalue weighted by Gasteiger charge is 2.15. The van der Waals surface area contributed by atoms with Crippen molar-refractivity contribution in [3.63, 3.8) is 0 Å². The molecular formula is C26H40O6. The molecule has 0 amide bonds. The average molecular weight is 449 g/mol. The zero-order chi connectivity index (χ0) is 23.9. The van der Waals surface area contributed by atoms with E-state index in [0.717, 1.165) is 38.5 Å². The fraction of sp³-hybridized carbons (Fsp3) is 0.538. The molecule has 0 bridgehead atoms. The molecule has 32 heavy (non-hydrogen) atoms. The first-order chi connectivity index (χ1) is 15.5. The van der Waals surface area contributed by atoms with Crippen molar-refractivity contribution in [2.24, 2.45) is 0 Å². The Labute approximate surface area is 193 Å². The fourth-order valence-corrected chi connectivity index (χ4v) is 2.92. The van der Waals surface area contributed by atoms with E-state index in [0.29, 0.717) is 31.8 Å². The number of carbonyl (C=O) groups is 2. The number of hydrogen-bond acceptors (Lipinski definition) is 4. The lowest BCUT2D eigenvalue weighted by Gasteiger charge is -2.12. The van der Waals surface area contributed by atoms with Crippen molar-refractivity contribution < 1.29 is 29.3 Å². The normalized spacial score (nSPS) is 12.2.